The summed E-state index contributed by atoms with van der Waals surface area (Å²) in [7, 11) is 7.36. The van der Waals surface area contributed by atoms with E-state index in [0.717, 1.165) is 34.7 Å². The number of pyridine rings is 1. The van der Waals surface area contributed by atoms with Crippen LogP contribution in [-0.2, 0) is 6.54 Å². The summed E-state index contributed by atoms with van der Waals surface area (Å²) in [5, 5.41) is 4.91. The van der Waals surface area contributed by atoms with Crippen molar-refractivity contribution in [2.24, 2.45) is 0 Å². The Morgan fingerprint density at radius 1 is 0.914 bits per heavy atom. The first-order chi connectivity index (χ1) is 17.0. The summed E-state index contributed by atoms with van der Waals surface area (Å²) in [5.41, 5.74) is 5.83. The zero-order chi connectivity index (χ0) is 24.5. The standard InChI is InChI=1S/C27H28N6O2/c1-18-12-13-32-22(16-28-25(32)14-18)27-29-26(20-8-6-19(7-9-20)17-31(2)3)30-33(27)21-10-11-23(34-4)24(15-21)35-5/h6-16H,17H2,1-5H3. The van der Waals surface area contributed by atoms with E-state index in [0.29, 0.717) is 23.1 Å². The van der Waals surface area contributed by atoms with Gasteiger partial charge >= 0.3 is 0 Å². The molecule has 0 amide bonds. The highest BCUT2D eigenvalue weighted by atomic mass is 16.5. The van der Waals surface area contributed by atoms with E-state index in [1.54, 1.807) is 14.2 Å². The second-order valence-corrected chi connectivity index (χ2v) is 8.72. The molecule has 5 rings (SSSR count). The molecule has 0 fully saturated rings. The van der Waals surface area contributed by atoms with Gasteiger partial charge in [0.2, 0.25) is 0 Å². The van der Waals surface area contributed by atoms with Gasteiger partial charge < -0.3 is 14.4 Å². The molecule has 0 unspecified atom stereocenters. The molecule has 0 N–H and O–H groups in total. The summed E-state index contributed by atoms with van der Waals surface area (Å²) in [6.07, 6.45) is 3.84. The molecule has 0 aliphatic heterocycles. The Hall–Kier alpha value is -4.17. The van der Waals surface area contributed by atoms with Crippen LogP contribution in [0.4, 0.5) is 0 Å². The smallest absolute Gasteiger partial charge is 0.182 e. The van der Waals surface area contributed by atoms with Crippen LogP contribution >= 0.6 is 0 Å². The first-order valence-electron chi connectivity index (χ1n) is 11.3. The van der Waals surface area contributed by atoms with Crippen molar-refractivity contribution in [3.63, 3.8) is 0 Å². The van der Waals surface area contributed by atoms with E-state index < -0.39 is 0 Å². The van der Waals surface area contributed by atoms with Gasteiger partial charge in [-0.2, -0.15) is 0 Å². The summed E-state index contributed by atoms with van der Waals surface area (Å²) >= 11 is 0. The normalized spacial score (nSPS) is 11.4. The predicted molar refractivity (Wildman–Crippen MR) is 136 cm³/mol. The number of nitrogens with zero attached hydrogens (tertiary/aromatic N) is 6. The van der Waals surface area contributed by atoms with Gasteiger partial charge in [0.15, 0.2) is 23.1 Å². The molecule has 3 heterocycles. The molecule has 35 heavy (non-hydrogen) atoms. The van der Waals surface area contributed by atoms with Gasteiger partial charge in [0.25, 0.3) is 0 Å². The molecule has 0 atom stereocenters. The Morgan fingerprint density at radius 3 is 2.40 bits per heavy atom. The van der Waals surface area contributed by atoms with Gasteiger partial charge in [-0.3, -0.25) is 4.40 Å². The maximum Gasteiger partial charge on any atom is 0.182 e. The molecule has 0 radical (unpaired) electrons. The minimum Gasteiger partial charge on any atom is -0.493 e. The number of imidazole rings is 1. The third kappa shape index (κ3) is 4.36. The minimum absolute atomic E-state index is 0.620. The van der Waals surface area contributed by atoms with Gasteiger partial charge in [-0.25, -0.2) is 14.6 Å². The number of aryl methyl sites for hydroxylation is 1. The maximum atomic E-state index is 5.54. The predicted octanol–water partition coefficient (Wildman–Crippen LogP) is 4.64. The van der Waals surface area contributed by atoms with Crippen LogP contribution in [0.1, 0.15) is 11.1 Å². The lowest BCUT2D eigenvalue weighted by atomic mass is 10.1. The molecule has 5 aromatic rings. The number of rotatable bonds is 7. The maximum absolute atomic E-state index is 5.54. The average molecular weight is 469 g/mol. The minimum atomic E-state index is 0.620. The zero-order valence-electron chi connectivity index (χ0n) is 20.6. The van der Waals surface area contributed by atoms with Crippen LogP contribution in [0.25, 0.3) is 34.2 Å². The second kappa shape index (κ2) is 9.23. The summed E-state index contributed by atoms with van der Waals surface area (Å²) in [6.45, 7) is 2.93. The number of benzene rings is 2. The van der Waals surface area contributed by atoms with Gasteiger partial charge in [-0.05, 0) is 56.4 Å². The molecule has 2 aromatic carbocycles. The quantitative estimate of drug-likeness (QED) is 0.347. The van der Waals surface area contributed by atoms with Crippen molar-refractivity contribution in [2.45, 2.75) is 13.5 Å². The number of hydrogen-bond donors (Lipinski definition) is 0. The van der Waals surface area contributed by atoms with Crippen molar-refractivity contribution < 1.29 is 9.47 Å². The van der Waals surface area contributed by atoms with E-state index in [4.69, 9.17) is 19.6 Å². The number of fused-ring (bicyclic) bond motifs is 1. The summed E-state index contributed by atoms with van der Waals surface area (Å²) in [5.74, 6) is 2.59. The number of hydrogen-bond acceptors (Lipinski definition) is 6. The molecule has 178 valence electrons. The molecule has 0 aliphatic carbocycles. The van der Waals surface area contributed by atoms with E-state index in [-0.39, 0.29) is 0 Å². The van der Waals surface area contributed by atoms with Crippen molar-refractivity contribution in [2.75, 3.05) is 28.3 Å². The Bertz CT molecular complexity index is 1480. The zero-order valence-corrected chi connectivity index (χ0v) is 20.6. The molecule has 0 bridgehead atoms. The first kappa shape index (κ1) is 22.6. The van der Waals surface area contributed by atoms with E-state index in [1.807, 2.05) is 45.7 Å². The van der Waals surface area contributed by atoms with Crippen molar-refractivity contribution >= 4 is 5.65 Å². The highest BCUT2D eigenvalue weighted by Crippen LogP contribution is 2.32. The van der Waals surface area contributed by atoms with Crippen molar-refractivity contribution in [1.82, 2.24) is 29.0 Å². The van der Waals surface area contributed by atoms with E-state index in [9.17, 15) is 0 Å². The lowest BCUT2D eigenvalue weighted by Gasteiger charge is -2.11. The number of aromatic nitrogens is 5. The monoisotopic (exact) mass is 468 g/mol. The molecule has 0 spiro atoms. The van der Waals surface area contributed by atoms with Gasteiger partial charge in [0.1, 0.15) is 11.3 Å². The third-order valence-electron chi connectivity index (χ3n) is 5.83. The molecule has 0 aliphatic rings. The van der Waals surface area contributed by atoms with Crippen LogP contribution in [0, 0.1) is 6.92 Å². The second-order valence-electron chi connectivity index (χ2n) is 8.72. The SMILES string of the molecule is COc1ccc(-n2nc(-c3ccc(CN(C)C)cc3)nc2-c2cnc3cc(C)ccn23)cc1OC. The van der Waals surface area contributed by atoms with Crippen LogP contribution in [0.15, 0.2) is 67.0 Å². The summed E-state index contributed by atoms with van der Waals surface area (Å²) in [6, 6.07) is 18.2. The van der Waals surface area contributed by atoms with Crippen LogP contribution in [-0.4, -0.2) is 57.4 Å². The van der Waals surface area contributed by atoms with E-state index in [2.05, 4.69) is 61.2 Å². The van der Waals surface area contributed by atoms with Crippen molar-refractivity contribution in [3.05, 3.63) is 78.1 Å². The molecule has 0 saturated heterocycles. The Balaban J connectivity index is 1.67. The molecule has 8 heteroatoms. The fourth-order valence-corrected chi connectivity index (χ4v) is 4.11. The van der Waals surface area contributed by atoms with Crippen LogP contribution in [0.3, 0.4) is 0 Å². The largest absolute Gasteiger partial charge is 0.493 e. The highest BCUT2D eigenvalue weighted by molar-refractivity contribution is 5.65. The molecule has 0 saturated carbocycles. The lowest BCUT2D eigenvalue weighted by Crippen LogP contribution is -2.10. The van der Waals surface area contributed by atoms with Crippen molar-refractivity contribution in [3.8, 4) is 40.1 Å². The molecule has 3 aromatic heterocycles. The lowest BCUT2D eigenvalue weighted by molar-refractivity contribution is 0.355. The topological polar surface area (TPSA) is 69.7 Å². The Morgan fingerprint density at radius 2 is 1.69 bits per heavy atom. The Kier molecular flexibility index (Phi) is 5.96. The number of methoxy groups -OCH3 is 2. The van der Waals surface area contributed by atoms with Crippen LogP contribution in [0.2, 0.25) is 0 Å². The van der Waals surface area contributed by atoms with Gasteiger partial charge in [-0.1, -0.05) is 24.3 Å². The third-order valence-corrected chi connectivity index (χ3v) is 5.83. The highest BCUT2D eigenvalue weighted by Gasteiger charge is 2.19. The summed E-state index contributed by atoms with van der Waals surface area (Å²) in [4.78, 5) is 11.7. The van der Waals surface area contributed by atoms with Gasteiger partial charge in [0.05, 0.1) is 26.1 Å². The molecule has 8 nitrogen and oxygen atoms in total. The van der Waals surface area contributed by atoms with E-state index >= 15 is 0 Å². The Labute approximate surface area is 204 Å². The fraction of sp³-hybridized carbons (Fsp3) is 0.222. The molecular weight excluding hydrogens is 440 g/mol. The first-order valence-corrected chi connectivity index (χ1v) is 11.3. The fourth-order valence-electron chi connectivity index (χ4n) is 4.11. The molecular formula is C27H28N6O2. The summed E-state index contributed by atoms with van der Waals surface area (Å²) < 4.78 is 14.8. The van der Waals surface area contributed by atoms with Gasteiger partial charge in [0, 0.05) is 24.4 Å². The average Bonchev–Trinajstić information content (AvgIpc) is 3.47. The van der Waals surface area contributed by atoms with Crippen LogP contribution in [0.5, 0.6) is 11.5 Å². The van der Waals surface area contributed by atoms with Gasteiger partial charge in [-0.15, -0.1) is 5.10 Å². The van der Waals surface area contributed by atoms with E-state index in [1.165, 1.54) is 5.56 Å². The van der Waals surface area contributed by atoms with Crippen LogP contribution < -0.4 is 9.47 Å². The van der Waals surface area contributed by atoms with Crippen molar-refractivity contribution in [1.29, 1.82) is 0 Å². The number of ether oxygens (including phenoxy) is 2.